The second-order valence-electron chi connectivity index (χ2n) is 9.39. The zero-order valence-electron chi connectivity index (χ0n) is 17.6. The third-order valence-corrected chi connectivity index (χ3v) is 8.10. The van der Waals surface area contributed by atoms with Crippen molar-refractivity contribution in [1.29, 1.82) is 0 Å². The van der Waals surface area contributed by atoms with Gasteiger partial charge in [-0.05, 0) is 86.5 Å². The third kappa shape index (κ3) is 2.93. The summed E-state index contributed by atoms with van der Waals surface area (Å²) in [6.45, 7) is 4.48. The van der Waals surface area contributed by atoms with Gasteiger partial charge in [-0.2, -0.15) is 15.3 Å². The number of aromatic nitrogens is 2. The normalized spacial score (nSPS) is 32.4. The van der Waals surface area contributed by atoms with Crippen molar-refractivity contribution >= 4 is 11.9 Å². The standard InChI is InChI=1S/C24H30N4O/c1-15-17(14-26-28(15)3)13-25-27-23-9-8-22-21-6-4-16-12-18(29)5-7-19(16)20(21)10-11-24(22,23)2/h5,7,12-14,20-22,29H,4,6,8-11H2,1-3H3/b25-13-,27-23-/t20-,21-,22+,24+/m0/s1. The number of hydrogen-bond donors (Lipinski definition) is 1. The van der Waals surface area contributed by atoms with Gasteiger partial charge in [0.05, 0.1) is 12.4 Å². The zero-order chi connectivity index (χ0) is 20.2. The van der Waals surface area contributed by atoms with Crippen molar-refractivity contribution in [3.63, 3.8) is 0 Å². The molecule has 0 radical (unpaired) electrons. The fourth-order valence-corrected chi connectivity index (χ4v) is 6.32. The molecule has 3 aliphatic carbocycles. The zero-order valence-corrected chi connectivity index (χ0v) is 17.6. The van der Waals surface area contributed by atoms with Crippen molar-refractivity contribution in [1.82, 2.24) is 9.78 Å². The minimum absolute atomic E-state index is 0.177. The van der Waals surface area contributed by atoms with E-state index in [0.717, 1.165) is 30.0 Å². The Hall–Kier alpha value is -2.43. The molecule has 1 N–H and O–H groups in total. The molecule has 29 heavy (non-hydrogen) atoms. The fraction of sp³-hybridized carbons (Fsp3) is 0.542. The first-order valence-corrected chi connectivity index (χ1v) is 10.9. The average Bonchev–Trinajstić information content (AvgIpc) is 3.21. The molecule has 5 rings (SSSR count). The first-order valence-electron chi connectivity index (χ1n) is 10.9. The van der Waals surface area contributed by atoms with Crippen molar-refractivity contribution in [3.05, 3.63) is 46.8 Å². The molecule has 1 heterocycles. The van der Waals surface area contributed by atoms with Gasteiger partial charge in [-0.3, -0.25) is 4.68 Å². The number of fused-ring (bicyclic) bond motifs is 5. The van der Waals surface area contributed by atoms with Gasteiger partial charge < -0.3 is 5.11 Å². The number of hydrogen-bond acceptors (Lipinski definition) is 4. The van der Waals surface area contributed by atoms with Gasteiger partial charge in [-0.25, -0.2) is 0 Å². The SMILES string of the molecule is Cc1c(/C=N\N=C2\CC[C@@H]3[C@H]4CCc5cc(O)ccc5[C@@H]4CC[C@@]23C)cnn1C. The number of nitrogens with zero attached hydrogens (tertiary/aromatic N) is 4. The Kier molecular flexibility index (Phi) is 4.37. The highest BCUT2D eigenvalue weighted by Crippen LogP contribution is 2.60. The van der Waals surface area contributed by atoms with E-state index in [1.54, 1.807) is 0 Å². The minimum Gasteiger partial charge on any atom is -0.508 e. The summed E-state index contributed by atoms with van der Waals surface area (Å²) in [7, 11) is 1.95. The number of phenolic OH excluding ortho intramolecular Hbond substituents is 1. The largest absolute Gasteiger partial charge is 0.508 e. The van der Waals surface area contributed by atoms with Crippen LogP contribution in [-0.2, 0) is 13.5 Å². The van der Waals surface area contributed by atoms with E-state index in [-0.39, 0.29) is 5.41 Å². The summed E-state index contributed by atoms with van der Waals surface area (Å²) in [4.78, 5) is 0. The van der Waals surface area contributed by atoms with Crippen molar-refractivity contribution in [2.24, 2.45) is 34.5 Å². The van der Waals surface area contributed by atoms with Crippen LogP contribution < -0.4 is 0 Å². The molecule has 0 spiro atoms. The molecule has 0 bridgehead atoms. The quantitative estimate of drug-likeness (QED) is 0.593. The van der Waals surface area contributed by atoms with E-state index in [1.165, 1.54) is 42.5 Å². The number of aryl methyl sites for hydroxylation is 2. The summed E-state index contributed by atoms with van der Waals surface area (Å²) in [5.41, 5.74) is 6.45. The Morgan fingerprint density at radius 1 is 1.24 bits per heavy atom. The first-order chi connectivity index (χ1) is 14.0. The molecular formula is C24H30N4O. The number of rotatable bonds is 2. The van der Waals surface area contributed by atoms with E-state index in [2.05, 4.69) is 30.1 Å². The molecule has 2 saturated carbocycles. The molecule has 2 fully saturated rings. The van der Waals surface area contributed by atoms with Gasteiger partial charge in [0.1, 0.15) is 5.75 Å². The van der Waals surface area contributed by atoms with Crippen LogP contribution in [0.3, 0.4) is 0 Å². The van der Waals surface area contributed by atoms with Gasteiger partial charge in [0.2, 0.25) is 0 Å². The Morgan fingerprint density at radius 2 is 2.10 bits per heavy atom. The lowest BCUT2D eigenvalue weighted by molar-refractivity contribution is 0.0955. The maximum absolute atomic E-state index is 9.86. The number of aromatic hydroxyl groups is 1. The minimum atomic E-state index is 0.177. The average molecular weight is 391 g/mol. The Balaban J connectivity index is 1.39. The first kappa shape index (κ1) is 18.6. The van der Waals surface area contributed by atoms with Crippen LogP contribution in [-0.4, -0.2) is 26.8 Å². The monoisotopic (exact) mass is 390 g/mol. The van der Waals surface area contributed by atoms with Crippen LogP contribution in [0.15, 0.2) is 34.6 Å². The summed E-state index contributed by atoms with van der Waals surface area (Å²) in [6.07, 6.45) is 10.7. The molecule has 5 nitrogen and oxygen atoms in total. The van der Waals surface area contributed by atoms with E-state index in [4.69, 9.17) is 5.10 Å². The second-order valence-corrected chi connectivity index (χ2v) is 9.39. The van der Waals surface area contributed by atoms with Gasteiger partial charge in [0.15, 0.2) is 0 Å². The molecule has 2 aromatic rings. The molecule has 0 saturated heterocycles. The third-order valence-electron chi connectivity index (χ3n) is 8.10. The van der Waals surface area contributed by atoms with E-state index < -0.39 is 0 Å². The Morgan fingerprint density at radius 3 is 2.90 bits per heavy atom. The van der Waals surface area contributed by atoms with E-state index in [9.17, 15) is 5.11 Å². The topological polar surface area (TPSA) is 62.8 Å². The van der Waals surface area contributed by atoms with Crippen LogP contribution >= 0.6 is 0 Å². The van der Waals surface area contributed by atoms with Crippen LogP contribution in [0.25, 0.3) is 0 Å². The highest BCUT2D eigenvalue weighted by Gasteiger charge is 2.53. The number of phenols is 1. The number of benzene rings is 1. The van der Waals surface area contributed by atoms with Gasteiger partial charge in [0.25, 0.3) is 0 Å². The van der Waals surface area contributed by atoms with Gasteiger partial charge in [0, 0.05) is 29.4 Å². The van der Waals surface area contributed by atoms with E-state index in [1.807, 2.05) is 36.3 Å². The summed E-state index contributed by atoms with van der Waals surface area (Å²) in [6, 6.07) is 6.02. The lowest BCUT2D eigenvalue weighted by atomic mass is 9.55. The molecule has 0 amide bonds. The van der Waals surface area contributed by atoms with Crippen LogP contribution in [0.2, 0.25) is 0 Å². The molecular weight excluding hydrogens is 360 g/mol. The van der Waals surface area contributed by atoms with Crippen molar-refractivity contribution in [2.45, 2.75) is 58.3 Å². The summed E-state index contributed by atoms with van der Waals surface area (Å²) in [5, 5.41) is 23.3. The van der Waals surface area contributed by atoms with Crippen LogP contribution in [0.1, 0.15) is 67.3 Å². The smallest absolute Gasteiger partial charge is 0.115 e. The highest BCUT2D eigenvalue weighted by molar-refractivity contribution is 5.93. The molecule has 152 valence electrons. The van der Waals surface area contributed by atoms with Gasteiger partial charge in [-0.1, -0.05) is 13.0 Å². The predicted octanol–water partition coefficient (Wildman–Crippen LogP) is 4.77. The summed E-state index contributed by atoms with van der Waals surface area (Å²) in [5.74, 6) is 2.46. The summed E-state index contributed by atoms with van der Waals surface area (Å²) < 4.78 is 1.86. The molecule has 1 aromatic heterocycles. The Bertz CT molecular complexity index is 1000. The molecule has 3 aliphatic rings. The molecule has 1 aromatic carbocycles. The highest BCUT2D eigenvalue weighted by atomic mass is 16.3. The predicted molar refractivity (Wildman–Crippen MR) is 116 cm³/mol. The molecule has 4 atom stereocenters. The van der Waals surface area contributed by atoms with Crippen molar-refractivity contribution in [2.75, 3.05) is 0 Å². The van der Waals surface area contributed by atoms with E-state index >= 15 is 0 Å². The maximum Gasteiger partial charge on any atom is 0.115 e. The maximum atomic E-state index is 9.86. The summed E-state index contributed by atoms with van der Waals surface area (Å²) >= 11 is 0. The Labute approximate surface area is 172 Å². The lowest BCUT2D eigenvalue weighted by Crippen LogP contribution is -2.42. The lowest BCUT2D eigenvalue weighted by Gasteiger charge is -2.49. The van der Waals surface area contributed by atoms with Crippen molar-refractivity contribution < 1.29 is 5.11 Å². The molecule has 0 unspecified atom stereocenters. The molecule has 5 heteroatoms. The van der Waals surface area contributed by atoms with Crippen LogP contribution in [0.5, 0.6) is 5.75 Å². The van der Waals surface area contributed by atoms with Crippen molar-refractivity contribution in [3.8, 4) is 5.75 Å². The van der Waals surface area contributed by atoms with Crippen LogP contribution in [0, 0.1) is 24.2 Å². The second kappa shape index (κ2) is 6.82. The van der Waals surface area contributed by atoms with Gasteiger partial charge in [-0.15, -0.1) is 0 Å². The molecule has 0 aliphatic heterocycles. The fourth-order valence-electron chi connectivity index (χ4n) is 6.32. The van der Waals surface area contributed by atoms with Gasteiger partial charge >= 0.3 is 0 Å². The van der Waals surface area contributed by atoms with Crippen LogP contribution in [0.4, 0.5) is 0 Å². The van der Waals surface area contributed by atoms with E-state index in [0.29, 0.717) is 17.6 Å².